The molecule has 7 heteroatoms. The van der Waals surface area contributed by atoms with Crippen molar-refractivity contribution in [3.05, 3.63) is 34.1 Å². The number of nitrogens with two attached hydrogens (primary N) is 1. The molecule has 0 aliphatic carbocycles. The molecular formula is C10H12N4O2S. The zero-order chi connectivity index (χ0) is 12.3. The minimum atomic E-state index is -0.650. The van der Waals surface area contributed by atoms with Crippen molar-refractivity contribution in [1.29, 1.82) is 0 Å². The maximum Gasteiger partial charge on any atom is 0.242 e. The van der Waals surface area contributed by atoms with E-state index in [9.17, 15) is 4.79 Å². The molecule has 1 amide bonds. The molecule has 0 fully saturated rings. The van der Waals surface area contributed by atoms with Crippen LogP contribution in [0.15, 0.2) is 22.0 Å². The summed E-state index contributed by atoms with van der Waals surface area (Å²) in [6.45, 7) is 1.91. The Kier molecular flexibility index (Phi) is 3.50. The molecule has 3 N–H and O–H groups in total. The molecule has 17 heavy (non-hydrogen) atoms. The van der Waals surface area contributed by atoms with Crippen LogP contribution in [0, 0.1) is 6.92 Å². The van der Waals surface area contributed by atoms with Crippen LogP contribution in [0.5, 0.6) is 0 Å². The summed E-state index contributed by atoms with van der Waals surface area (Å²) in [6, 6.07) is 3.03. The lowest BCUT2D eigenvalue weighted by Gasteiger charge is -2.08. The first-order chi connectivity index (χ1) is 8.16. The fourth-order valence-corrected chi connectivity index (χ4v) is 2.01. The monoisotopic (exact) mass is 252 g/mol. The van der Waals surface area contributed by atoms with Gasteiger partial charge in [0.2, 0.25) is 11.8 Å². The van der Waals surface area contributed by atoms with E-state index in [0.29, 0.717) is 11.7 Å². The molecule has 0 spiro atoms. The third-order valence-electron chi connectivity index (χ3n) is 2.12. The van der Waals surface area contributed by atoms with Crippen molar-refractivity contribution >= 4 is 17.2 Å². The average Bonchev–Trinajstić information content (AvgIpc) is 2.95. The molecule has 0 saturated heterocycles. The number of nitrogens with one attached hydrogen (secondary N) is 1. The zero-order valence-electron chi connectivity index (χ0n) is 9.21. The van der Waals surface area contributed by atoms with Crippen LogP contribution in [0.2, 0.25) is 0 Å². The maximum absolute atomic E-state index is 11.7. The number of carbonyl (C=O) groups is 1. The number of aryl methyl sites for hydroxylation is 1. The van der Waals surface area contributed by atoms with E-state index in [4.69, 9.17) is 10.3 Å². The van der Waals surface area contributed by atoms with Gasteiger partial charge < -0.3 is 15.6 Å². The summed E-state index contributed by atoms with van der Waals surface area (Å²) in [5, 5.41) is 8.21. The average molecular weight is 252 g/mol. The van der Waals surface area contributed by atoms with Crippen molar-refractivity contribution in [1.82, 2.24) is 15.5 Å². The lowest BCUT2D eigenvalue weighted by atomic mass is 10.2. The number of thiophene rings is 1. The third-order valence-corrected chi connectivity index (χ3v) is 3.08. The summed E-state index contributed by atoms with van der Waals surface area (Å²) in [7, 11) is 0. The maximum atomic E-state index is 11.7. The first-order valence-electron chi connectivity index (χ1n) is 5.02. The Labute approximate surface area is 102 Å². The summed E-state index contributed by atoms with van der Waals surface area (Å²) >= 11 is 1.45. The highest BCUT2D eigenvalue weighted by Gasteiger charge is 2.16. The van der Waals surface area contributed by atoms with Gasteiger partial charge in [-0.05, 0) is 11.4 Å². The van der Waals surface area contributed by atoms with E-state index in [1.807, 2.05) is 17.5 Å². The van der Waals surface area contributed by atoms with Gasteiger partial charge in [0.1, 0.15) is 6.04 Å². The fraction of sp³-hybridized carbons (Fsp3) is 0.300. The van der Waals surface area contributed by atoms with Crippen molar-refractivity contribution < 1.29 is 9.32 Å². The lowest BCUT2D eigenvalue weighted by Crippen LogP contribution is -2.33. The van der Waals surface area contributed by atoms with Crippen LogP contribution < -0.4 is 11.1 Å². The Balaban J connectivity index is 1.89. The van der Waals surface area contributed by atoms with Crippen molar-refractivity contribution in [2.45, 2.75) is 19.5 Å². The van der Waals surface area contributed by atoms with Crippen molar-refractivity contribution in [2.24, 2.45) is 5.73 Å². The lowest BCUT2D eigenvalue weighted by molar-refractivity contribution is -0.122. The second-order valence-electron chi connectivity index (χ2n) is 3.44. The molecule has 0 bridgehead atoms. The Hall–Kier alpha value is -1.73. The molecule has 2 aromatic rings. The number of carbonyl (C=O) groups excluding carboxylic acids is 1. The standard InChI is InChI=1S/C10H12N4O2S/c1-6-13-8(14-16-6)5-12-10(15)9(11)7-3-2-4-17-7/h2-4,9H,5,11H2,1H3,(H,12,15). The molecule has 2 heterocycles. The quantitative estimate of drug-likeness (QED) is 0.837. The third kappa shape index (κ3) is 2.89. The molecule has 2 aromatic heterocycles. The summed E-state index contributed by atoms with van der Waals surface area (Å²) in [5.41, 5.74) is 5.79. The highest BCUT2D eigenvalue weighted by molar-refractivity contribution is 7.10. The van der Waals surface area contributed by atoms with Gasteiger partial charge in [0.25, 0.3) is 0 Å². The zero-order valence-corrected chi connectivity index (χ0v) is 10.0. The van der Waals surface area contributed by atoms with E-state index in [-0.39, 0.29) is 12.5 Å². The minimum Gasteiger partial charge on any atom is -0.347 e. The van der Waals surface area contributed by atoms with E-state index in [0.717, 1.165) is 4.88 Å². The largest absolute Gasteiger partial charge is 0.347 e. The summed E-state index contributed by atoms with van der Waals surface area (Å²) in [4.78, 5) is 16.5. The number of hydrogen-bond acceptors (Lipinski definition) is 6. The van der Waals surface area contributed by atoms with Crippen molar-refractivity contribution in [3.63, 3.8) is 0 Å². The highest BCUT2D eigenvalue weighted by atomic mass is 32.1. The predicted molar refractivity (Wildman–Crippen MR) is 62.1 cm³/mol. The molecule has 0 aliphatic heterocycles. The molecule has 2 rings (SSSR count). The fourth-order valence-electron chi connectivity index (χ4n) is 1.29. The van der Waals surface area contributed by atoms with Gasteiger partial charge >= 0.3 is 0 Å². The van der Waals surface area contributed by atoms with Crippen LogP contribution in [-0.2, 0) is 11.3 Å². The van der Waals surface area contributed by atoms with Gasteiger partial charge in [-0.3, -0.25) is 4.79 Å². The highest BCUT2D eigenvalue weighted by Crippen LogP contribution is 2.16. The summed E-state index contributed by atoms with van der Waals surface area (Å²) in [5.74, 6) is 0.654. The summed E-state index contributed by atoms with van der Waals surface area (Å²) < 4.78 is 4.79. The van der Waals surface area contributed by atoms with Gasteiger partial charge in [0.05, 0.1) is 6.54 Å². The van der Waals surface area contributed by atoms with Crippen LogP contribution in [0.1, 0.15) is 22.6 Å². The summed E-state index contributed by atoms with van der Waals surface area (Å²) in [6.07, 6.45) is 0. The SMILES string of the molecule is Cc1nc(CNC(=O)C(N)c2cccs2)no1. The molecule has 1 unspecified atom stereocenters. The number of rotatable bonds is 4. The van der Waals surface area contributed by atoms with E-state index >= 15 is 0 Å². The van der Waals surface area contributed by atoms with Crippen LogP contribution in [-0.4, -0.2) is 16.0 Å². The van der Waals surface area contributed by atoms with Crippen molar-refractivity contribution in [3.8, 4) is 0 Å². The van der Waals surface area contributed by atoms with Crippen molar-refractivity contribution in [2.75, 3.05) is 0 Å². The van der Waals surface area contributed by atoms with E-state index in [1.165, 1.54) is 11.3 Å². The molecular weight excluding hydrogens is 240 g/mol. The molecule has 90 valence electrons. The van der Waals surface area contributed by atoms with Gasteiger partial charge in [-0.1, -0.05) is 11.2 Å². The molecule has 1 atom stereocenters. The van der Waals surface area contributed by atoms with Gasteiger partial charge in [-0.25, -0.2) is 0 Å². The van der Waals surface area contributed by atoms with Crippen LogP contribution in [0.25, 0.3) is 0 Å². The Bertz CT molecular complexity index is 494. The molecule has 0 radical (unpaired) electrons. The normalized spacial score (nSPS) is 12.4. The number of amides is 1. The first kappa shape index (κ1) is 11.7. The predicted octanol–water partition coefficient (Wildman–Crippen LogP) is 0.756. The Morgan fingerprint density at radius 1 is 1.71 bits per heavy atom. The molecule has 6 nitrogen and oxygen atoms in total. The Morgan fingerprint density at radius 3 is 3.12 bits per heavy atom. The minimum absolute atomic E-state index is 0.218. The number of nitrogens with zero attached hydrogens (tertiary/aromatic N) is 2. The molecule has 0 saturated carbocycles. The van der Waals surface area contributed by atoms with Gasteiger partial charge in [-0.2, -0.15) is 4.98 Å². The first-order valence-corrected chi connectivity index (χ1v) is 5.90. The van der Waals surface area contributed by atoms with Crippen LogP contribution in [0.3, 0.4) is 0 Å². The van der Waals surface area contributed by atoms with Crippen LogP contribution in [0.4, 0.5) is 0 Å². The molecule has 0 aromatic carbocycles. The molecule has 0 aliphatic rings. The van der Waals surface area contributed by atoms with E-state index in [1.54, 1.807) is 6.92 Å². The Morgan fingerprint density at radius 2 is 2.53 bits per heavy atom. The van der Waals surface area contributed by atoms with Gasteiger partial charge in [0, 0.05) is 11.8 Å². The van der Waals surface area contributed by atoms with E-state index in [2.05, 4.69) is 15.5 Å². The second kappa shape index (κ2) is 5.07. The smallest absolute Gasteiger partial charge is 0.242 e. The van der Waals surface area contributed by atoms with Gasteiger partial charge in [0.15, 0.2) is 5.82 Å². The second-order valence-corrected chi connectivity index (χ2v) is 4.42. The number of hydrogen-bond donors (Lipinski definition) is 2. The van der Waals surface area contributed by atoms with Gasteiger partial charge in [-0.15, -0.1) is 11.3 Å². The topological polar surface area (TPSA) is 94.0 Å². The number of aromatic nitrogens is 2. The van der Waals surface area contributed by atoms with Crippen LogP contribution >= 0.6 is 11.3 Å². The van der Waals surface area contributed by atoms with E-state index < -0.39 is 6.04 Å².